The van der Waals surface area contributed by atoms with Crippen LogP contribution in [0.1, 0.15) is 64.7 Å². The highest BCUT2D eigenvalue weighted by molar-refractivity contribution is 5.94. The molecule has 2 rings (SSSR count). The van der Waals surface area contributed by atoms with Gasteiger partial charge in [-0.3, -0.25) is 4.79 Å². The third-order valence-electron chi connectivity index (χ3n) is 4.29. The van der Waals surface area contributed by atoms with Gasteiger partial charge in [0.15, 0.2) is 0 Å². The summed E-state index contributed by atoms with van der Waals surface area (Å²) in [5, 5.41) is 5.38. The van der Waals surface area contributed by atoms with Gasteiger partial charge in [-0.25, -0.2) is 0 Å². The van der Waals surface area contributed by atoms with Crippen molar-refractivity contribution in [2.45, 2.75) is 64.7 Å². The van der Waals surface area contributed by atoms with Crippen molar-refractivity contribution in [3.8, 4) is 0 Å². The molecule has 2 aromatic carbocycles. The van der Waals surface area contributed by atoms with E-state index < -0.39 is 0 Å². The van der Waals surface area contributed by atoms with Gasteiger partial charge in [-0.05, 0) is 29.3 Å². The molecule has 0 radical (unpaired) electrons. The standard InChI is InChI=1S/C21H29NO/c1-2-3-4-5-6-7-8-9-14-21(23)22-20-16-15-18-12-10-11-13-19(18)17-20/h10-13,15-17H,2-9,14H2,1H3,(H,22,23). The lowest BCUT2D eigenvalue weighted by molar-refractivity contribution is -0.116. The van der Waals surface area contributed by atoms with Gasteiger partial charge in [0, 0.05) is 12.1 Å². The summed E-state index contributed by atoms with van der Waals surface area (Å²) in [5.41, 5.74) is 0.897. The van der Waals surface area contributed by atoms with Crippen LogP contribution in [0.2, 0.25) is 0 Å². The molecule has 0 fully saturated rings. The molecule has 0 saturated heterocycles. The fraction of sp³-hybridized carbons (Fsp3) is 0.476. The number of carbonyl (C=O) groups excluding carboxylic acids is 1. The molecular weight excluding hydrogens is 282 g/mol. The van der Waals surface area contributed by atoms with Gasteiger partial charge in [-0.15, -0.1) is 0 Å². The Bertz CT molecular complexity index is 606. The highest BCUT2D eigenvalue weighted by atomic mass is 16.1. The number of hydrogen-bond acceptors (Lipinski definition) is 1. The zero-order chi connectivity index (χ0) is 16.3. The van der Waals surface area contributed by atoms with E-state index in [0.29, 0.717) is 6.42 Å². The first-order chi connectivity index (χ1) is 11.3. The molecule has 0 atom stereocenters. The van der Waals surface area contributed by atoms with Crippen molar-refractivity contribution >= 4 is 22.4 Å². The second-order valence-electron chi connectivity index (χ2n) is 6.33. The number of anilines is 1. The predicted octanol–water partition coefficient (Wildman–Crippen LogP) is 6.31. The molecule has 2 nitrogen and oxygen atoms in total. The Morgan fingerprint density at radius 3 is 2.22 bits per heavy atom. The highest BCUT2D eigenvalue weighted by Crippen LogP contribution is 2.19. The van der Waals surface area contributed by atoms with E-state index in [-0.39, 0.29) is 5.91 Å². The first kappa shape index (κ1) is 17.5. The Labute approximate surface area is 140 Å². The van der Waals surface area contributed by atoms with E-state index in [2.05, 4.69) is 30.4 Å². The van der Waals surface area contributed by atoms with Crippen LogP contribution in [0.5, 0.6) is 0 Å². The fourth-order valence-corrected chi connectivity index (χ4v) is 2.91. The molecule has 0 spiro atoms. The monoisotopic (exact) mass is 311 g/mol. The van der Waals surface area contributed by atoms with E-state index >= 15 is 0 Å². The minimum atomic E-state index is 0.131. The maximum atomic E-state index is 12.0. The van der Waals surface area contributed by atoms with Crippen LogP contribution in [0.15, 0.2) is 42.5 Å². The number of carbonyl (C=O) groups is 1. The molecular formula is C21H29NO. The molecule has 2 aromatic rings. The molecule has 0 aromatic heterocycles. The summed E-state index contributed by atoms with van der Waals surface area (Å²) >= 11 is 0. The third kappa shape index (κ3) is 6.43. The van der Waals surface area contributed by atoms with Crippen LogP contribution < -0.4 is 5.32 Å². The predicted molar refractivity (Wildman–Crippen MR) is 99.8 cm³/mol. The zero-order valence-electron chi connectivity index (χ0n) is 14.3. The lowest BCUT2D eigenvalue weighted by Crippen LogP contribution is -2.10. The van der Waals surface area contributed by atoms with Crippen molar-refractivity contribution in [3.63, 3.8) is 0 Å². The Morgan fingerprint density at radius 2 is 1.48 bits per heavy atom. The minimum absolute atomic E-state index is 0.131. The number of amides is 1. The minimum Gasteiger partial charge on any atom is -0.326 e. The van der Waals surface area contributed by atoms with Crippen LogP contribution >= 0.6 is 0 Å². The lowest BCUT2D eigenvalue weighted by Gasteiger charge is -2.07. The van der Waals surface area contributed by atoms with Crippen molar-refractivity contribution in [1.29, 1.82) is 0 Å². The Kier molecular flexibility index (Phi) is 7.65. The summed E-state index contributed by atoms with van der Waals surface area (Å²) in [7, 11) is 0. The van der Waals surface area contributed by atoms with E-state index in [1.807, 2.05) is 24.3 Å². The van der Waals surface area contributed by atoms with Crippen molar-refractivity contribution in [2.75, 3.05) is 5.32 Å². The van der Waals surface area contributed by atoms with E-state index in [4.69, 9.17) is 0 Å². The highest BCUT2D eigenvalue weighted by Gasteiger charge is 2.03. The molecule has 0 aliphatic heterocycles. The summed E-state index contributed by atoms with van der Waals surface area (Å²) in [6.07, 6.45) is 10.7. The van der Waals surface area contributed by atoms with Crippen molar-refractivity contribution in [2.24, 2.45) is 0 Å². The summed E-state index contributed by atoms with van der Waals surface area (Å²) in [6, 6.07) is 14.3. The summed E-state index contributed by atoms with van der Waals surface area (Å²) in [5.74, 6) is 0.131. The lowest BCUT2D eigenvalue weighted by atomic mass is 10.1. The topological polar surface area (TPSA) is 29.1 Å². The third-order valence-corrected chi connectivity index (χ3v) is 4.29. The zero-order valence-corrected chi connectivity index (χ0v) is 14.3. The average molecular weight is 311 g/mol. The van der Waals surface area contributed by atoms with Crippen LogP contribution in [0, 0.1) is 0 Å². The molecule has 1 N–H and O–H groups in total. The van der Waals surface area contributed by atoms with Gasteiger partial charge in [0.1, 0.15) is 0 Å². The smallest absolute Gasteiger partial charge is 0.224 e. The Morgan fingerprint density at radius 1 is 0.826 bits per heavy atom. The van der Waals surface area contributed by atoms with E-state index in [9.17, 15) is 4.79 Å². The van der Waals surface area contributed by atoms with Crippen LogP contribution in [-0.2, 0) is 4.79 Å². The number of fused-ring (bicyclic) bond motifs is 1. The number of rotatable bonds is 10. The molecule has 0 aliphatic rings. The van der Waals surface area contributed by atoms with Crippen LogP contribution in [-0.4, -0.2) is 5.91 Å². The normalized spacial score (nSPS) is 10.8. The van der Waals surface area contributed by atoms with Gasteiger partial charge in [-0.1, -0.05) is 82.2 Å². The molecule has 124 valence electrons. The SMILES string of the molecule is CCCCCCCCCCC(=O)Nc1ccc2ccccc2c1. The van der Waals surface area contributed by atoms with Gasteiger partial charge in [0.25, 0.3) is 0 Å². The van der Waals surface area contributed by atoms with Gasteiger partial charge in [-0.2, -0.15) is 0 Å². The van der Waals surface area contributed by atoms with Crippen molar-refractivity contribution in [3.05, 3.63) is 42.5 Å². The molecule has 2 heteroatoms. The van der Waals surface area contributed by atoms with E-state index in [1.54, 1.807) is 0 Å². The fourth-order valence-electron chi connectivity index (χ4n) is 2.91. The first-order valence-electron chi connectivity index (χ1n) is 9.08. The van der Waals surface area contributed by atoms with Gasteiger partial charge < -0.3 is 5.32 Å². The molecule has 1 amide bonds. The van der Waals surface area contributed by atoms with Crippen LogP contribution in [0.25, 0.3) is 10.8 Å². The van der Waals surface area contributed by atoms with Crippen LogP contribution in [0.3, 0.4) is 0 Å². The number of nitrogens with one attached hydrogen (secondary N) is 1. The van der Waals surface area contributed by atoms with E-state index in [0.717, 1.165) is 23.9 Å². The van der Waals surface area contributed by atoms with Crippen molar-refractivity contribution < 1.29 is 4.79 Å². The first-order valence-corrected chi connectivity index (χ1v) is 9.08. The maximum absolute atomic E-state index is 12.0. The quantitative estimate of drug-likeness (QED) is 0.512. The Balaban J connectivity index is 1.64. The second-order valence-corrected chi connectivity index (χ2v) is 6.33. The van der Waals surface area contributed by atoms with Gasteiger partial charge >= 0.3 is 0 Å². The summed E-state index contributed by atoms with van der Waals surface area (Å²) in [6.45, 7) is 2.24. The number of unbranched alkanes of at least 4 members (excludes halogenated alkanes) is 7. The van der Waals surface area contributed by atoms with Crippen molar-refractivity contribution in [1.82, 2.24) is 0 Å². The molecule has 23 heavy (non-hydrogen) atoms. The molecule has 0 heterocycles. The summed E-state index contributed by atoms with van der Waals surface area (Å²) < 4.78 is 0. The summed E-state index contributed by atoms with van der Waals surface area (Å²) in [4.78, 5) is 12.0. The van der Waals surface area contributed by atoms with Gasteiger partial charge in [0.2, 0.25) is 5.91 Å². The maximum Gasteiger partial charge on any atom is 0.224 e. The molecule has 0 aliphatic carbocycles. The molecule has 0 bridgehead atoms. The van der Waals surface area contributed by atoms with E-state index in [1.165, 1.54) is 43.9 Å². The average Bonchev–Trinajstić information content (AvgIpc) is 2.57. The van der Waals surface area contributed by atoms with Gasteiger partial charge in [0.05, 0.1) is 0 Å². The molecule has 0 unspecified atom stereocenters. The number of hydrogen-bond donors (Lipinski definition) is 1. The Hall–Kier alpha value is -1.83. The molecule has 0 saturated carbocycles. The largest absolute Gasteiger partial charge is 0.326 e. The van der Waals surface area contributed by atoms with Crippen LogP contribution in [0.4, 0.5) is 5.69 Å². The number of benzene rings is 2. The second kappa shape index (κ2) is 10.0.